The highest BCUT2D eigenvalue weighted by molar-refractivity contribution is 5.83. The molecular formula is C33H23N5O4. The van der Waals surface area contributed by atoms with Crippen molar-refractivity contribution < 1.29 is 14.4 Å². The maximum atomic E-state index is 11.8. The molecule has 0 saturated heterocycles. The number of ether oxygens (including phenoxy) is 2. The third kappa shape index (κ3) is 4.15. The van der Waals surface area contributed by atoms with E-state index in [0.29, 0.717) is 22.6 Å². The molecule has 0 aliphatic carbocycles. The second kappa shape index (κ2) is 10.3. The van der Waals surface area contributed by atoms with Crippen LogP contribution >= 0.6 is 0 Å². The van der Waals surface area contributed by atoms with Crippen LogP contribution in [0.15, 0.2) is 127 Å². The van der Waals surface area contributed by atoms with E-state index < -0.39 is 10.5 Å². The summed E-state index contributed by atoms with van der Waals surface area (Å²) in [6, 6.07) is 40.2. The predicted octanol–water partition coefficient (Wildman–Crippen LogP) is 6.48. The molecule has 2 heterocycles. The summed E-state index contributed by atoms with van der Waals surface area (Å²) in [5.41, 5.74) is 3.69. The molecule has 9 nitrogen and oxygen atoms in total. The maximum Gasteiger partial charge on any atom is 0.270 e. The molecule has 0 N–H and O–H groups in total. The van der Waals surface area contributed by atoms with E-state index in [0.717, 1.165) is 22.3 Å². The molecule has 0 saturated carbocycles. The third-order valence-corrected chi connectivity index (χ3v) is 7.43. The highest BCUT2D eigenvalue weighted by Crippen LogP contribution is 2.42. The first-order valence-corrected chi connectivity index (χ1v) is 13.3. The van der Waals surface area contributed by atoms with Crippen molar-refractivity contribution in [3.8, 4) is 34.0 Å². The maximum absolute atomic E-state index is 11.8. The zero-order valence-corrected chi connectivity index (χ0v) is 22.2. The fourth-order valence-corrected chi connectivity index (χ4v) is 5.50. The summed E-state index contributed by atoms with van der Waals surface area (Å²) in [5, 5.41) is 25.9. The Kier molecular flexibility index (Phi) is 6.16. The van der Waals surface area contributed by atoms with Crippen molar-refractivity contribution >= 4 is 5.69 Å². The van der Waals surface area contributed by atoms with E-state index >= 15 is 0 Å². The largest absolute Gasteiger partial charge is 0.454 e. The van der Waals surface area contributed by atoms with E-state index in [1.54, 1.807) is 10.9 Å². The molecular weight excluding hydrogens is 530 g/mol. The van der Waals surface area contributed by atoms with Crippen molar-refractivity contribution in [3.63, 3.8) is 0 Å². The molecule has 0 fully saturated rings. The molecule has 9 heteroatoms. The summed E-state index contributed by atoms with van der Waals surface area (Å²) in [6.07, 6.45) is 0. The quantitative estimate of drug-likeness (QED) is 0.126. The van der Waals surface area contributed by atoms with Gasteiger partial charge < -0.3 is 9.47 Å². The minimum atomic E-state index is -0.978. The molecule has 0 unspecified atom stereocenters. The van der Waals surface area contributed by atoms with Gasteiger partial charge in [-0.1, -0.05) is 97.1 Å². The summed E-state index contributed by atoms with van der Waals surface area (Å²) in [6.45, 7) is 0.141. The fourth-order valence-electron chi connectivity index (χ4n) is 5.50. The van der Waals surface area contributed by atoms with Crippen molar-refractivity contribution in [3.05, 3.63) is 154 Å². The number of hydrogen-bond acceptors (Lipinski definition) is 7. The fraction of sp³-hybridized carbons (Fsp3) is 0.0606. The van der Waals surface area contributed by atoms with Crippen molar-refractivity contribution in [1.29, 1.82) is 0 Å². The van der Waals surface area contributed by atoms with Gasteiger partial charge in [-0.2, -0.15) is 0 Å². The van der Waals surface area contributed by atoms with Crippen LogP contribution in [0.2, 0.25) is 0 Å². The molecule has 1 aliphatic heterocycles. The molecule has 7 rings (SSSR count). The molecule has 5 aromatic carbocycles. The molecule has 0 radical (unpaired) electrons. The number of nitro benzene ring substituents is 1. The highest BCUT2D eigenvalue weighted by Gasteiger charge is 2.41. The monoisotopic (exact) mass is 553 g/mol. The number of non-ortho nitro benzene ring substituents is 1. The first-order valence-electron chi connectivity index (χ1n) is 13.3. The van der Waals surface area contributed by atoms with Crippen LogP contribution in [0.5, 0.6) is 11.5 Å². The van der Waals surface area contributed by atoms with Gasteiger partial charge in [-0.15, -0.1) is 15.0 Å². The number of benzene rings is 5. The Labute approximate surface area is 240 Å². The minimum Gasteiger partial charge on any atom is -0.454 e. The van der Waals surface area contributed by atoms with Gasteiger partial charge in [0.2, 0.25) is 12.6 Å². The summed E-state index contributed by atoms with van der Waals surface area (Å²) in [7, 11) is 0. The van der Waals surface area contributed by atoms with Crippen LogP contribution < -0.4 is 9.47 Å². The number of rotatable bonds is 7. The lowest BCUT2D eigenvalue weighted by Gasteiger charge is -2.34. The molecule has 42 heavy (non-hydrogen) atoms. The first-order chi connectivity index (χ1) is 20.6. The molecule has 0 bridgehead atoms. The topological polar surface area (TPSA) is 105 Å². The second-order valence-corrected chi connectivity index (χ2v) is 9.77. The van der Waals surface area contributed by atoms with Gasteiger partial charge in [-0.05, 0) is 51.2 Å². The van der Waals surface area contributed by atoms with Crippen LogP contribution in [0.25, 0.3) is 22.5 Å². The van der Waals surface area contributed by atoms with Crippen LogP contribution in [0, 0.1) is 10.1 Å². The first kappa shape index (κ1) is 25.2. The van der Waals surface area contributed by atoms with Crippen molar-refractivity contribution in [2.45, 2.75) is 5.54 Å². The number of hydrogen-bond donors (Lipinski definition) is 0. The number of fused-ring (bicyclic) bond motifs is 1. The van der Waals surface area contributed by atoms with Gasteiger partial charge in [0.25, 0.3) is 5.69 Å². The lowest BCUT2D eigenvalue weighted by Crippen LogP contribution is -2.39. The third-order valence-electron chi connectivity index (χ3n) is 7.43. The molecule has 204 valence electrons. The lowest BCUT2D eigenvalue weighted by atomic mass is 9.77. The van der Waals surface area contributed by atoms with Gasteiger partial charge in [0.1, 0.15) is 0 Å². The summed E-state index contributed by atoms with van der Waals surface area (Å²) >= 11 is 0. The number of nitro groups is 1. The van der Waals surface area contributed by atoms with Crippen LogP contribution in [-0.4, -0.2) is 31.9 Å². The van der Waals surface area contributed by atoms with E-state index in [4.69, 9.17) is 14.6 Å². The average molecular weight is 554 g/mol. The average Bonchev–Trinajstić information content (AvgIpc) is 3.73. The SMILES string of the molecule is O=[N+]([O-])c1ccc(-c2ccc3c(c2)OCO3)c(-c2nnn(C(c3ccccc3)(c3ccccc3)c3ccccc3)n2)c1. The summed E-state index contributed by atoms with van der Waals surface area (Å²) in [4.78, 5) is 13.0. The van der Waals surface area contributed by atoms with Crippen molar-refractivity contribution in [2.24, 2.45) is 0 Å². The van der Waals surface area contributed by atoms with Crippen LogP contribution in [0.4, 0.5) is 5.69 Å². The van der Waals surface area contributed by atoms with Crippen LogP contribution in [-0.2, 0) is 5.54 Å². The Bertz CT molecular complexity index is 1800. The molecule has 6 aromatic rings. The van der Waals surface area contributed by atoms with Gasteiger partial charge in [0.15, 0.2) is 17.0 Å². The van der Waals surface area contributed by atoms with Crippen molar-refractivity contribution in [1.82, 2.24) is 20.2 Å². The zero-order chi connectivity index (χ0) is 28.5. The summed E-state index contributed by atoms with van der Waals surface area (Å²) in [5.74, 6) is 1.49. The summed E-state index contributed by atoms with van der Waals surface area (Å²) < 4.78 is 11.1. The lowest BCUT2D eigenvalue weighted by molar-refractivity contribution is -0.384. The van der Waals surface area contributed by atoms with Gasteiger partial charge in [-0.25, -0.2) is 0 Å². The molecule has 1 aliphatic rings. The van der Waals surface area contributed by atoms with Gasteiger partial charge in [0.05, 0.1) is 4.92 Å². The number of nitrogens with zero attached hydrogens (tertiary/aromatic N) is 5. The standard InChI is InChI=1S/C33H23N5O4/c39-37(40)27-17-18-28(23-16-19-30-31(20-23)42-22-41-30)29(21-27)32-34-36-38(35-32)33(24-10-4-1-5-11-24,25-12-6-2-7-13-25)26-14-8-3-9-15-26/h1-21H,22H2. The Morgan fingerprint density at radius 1 is 0.690 bits per heavy atom. The Morgan fingerprint density at radius 3 is 1.88 bits per heavy atom. The molecule has 0 amide bonds. The van der Waals surface area contributed by atoms with Gasteiger partial charge in [0, 0.05) is 17.7 Å². The highest BCUT2D eigenvalue weighted by atomic mass is 16.7. The zero-order valence-electron chi connectivity index (χ0n) is 22.2. The van der Waals surface area contributed by atoms with Crippen LogP contribution in [0.3, 0.4) is 0 Å². The van der Waals surface area contributed by atoms with Gasteiger partial charge >= 0.3 is 0 Å². The predicted molar refractivity (Wildman–Crippen MR) is 156 cm³/mol. The smallest absolute Gasteiger partial charge is 0.270 e. The number of aromatic nitrogens is 4. The Hall–Kier alpha value is -5.83. The second-order valence-electron chi connectivity index (χ2n) is 9.77. The van der Waals surface area contributed by atoms with E-state index in [1.807, 2.05) is 109 Å². The minimum absolute atomic E-state index is 0.0775. The van der Waals surface area contributed by atoms with E-state index in [1.165, 1.54) is 12.1 Å². The molecule has 0 spiro atoms. The Morgan fingerprint density at radius 2 is 1.29 bits per heavy atom. The number of tetrazole rings is 1. The van der Waals surface area contributed by atoms with E-state index in [2.05, 4.69) is 10.3 Å². The van der Waals surface area contributed by atoms with Crippen LogP contribution in [0.1, 0.15) is 16.7 Å². The molecule has 1 aromatic heterocycles. The Balaban J connectivity index is 1.47. The van der Waals surface area contributed by atoms with Crippen molar-refractivity contribution in [2.75, 3.05) is 6.79 Å². The van der Waals surface area contributed by atoms with E-state index in [-0.39, 0.29) is 18.3 Å². The molecule has 0 atom stereocenters. The normalized spacial score (nSPS) is 12.3. The van der Waals surface area contributed by atoms with E-state index in [9.17, 15) is 10.1 Å². The van der Waals surface area contributed by atoms with Gasteiger partial charge in [-0.3, -0.25) is 10.1 Å².